The number of carbonyl (C=O) groups excluding carboxylic acids is 1. The number of carbonyl (C=O) groups is 1. The summed E-state index contributed by atoms with van der Waals surface area (Å²) in [5.41, 5.74) is 4.47. The van der Waals surface area contributed by atoms with Crippen molar-refractivity contribution in [2.75, 3.05) is 52.4 Å². The van der Waals surface area contributed by atoms with Gasteiger partial charge in [-0.05, 0) is 122 Å². The molecule has 254 valence electrons. The number of piperidine rings is 3. The van der Waals surface area contributed by atoms with Crippen LogP contribution in [-0.4, -0.2) is 116 Å². The molecule has 0 bridgehead atoms. The second-order valence-electron chi connectivity index (χ2n) is 15.4. The summed E-state index contributed by atoms with van der Waals surface area (Å²) < 4.78 is 5.58. The van der Waals surface area contributed by atoms with E-state index in [1.165, 1.54) is 69.7 Å². The predicted molar refractivity (Wildman–Crippen MR) is 184 cm³/mol. The van der Waals surface area contributed by atoms with Gasteiger partial charge >= 0.3 is 6.09 Å². The number of nitrogens with one attached hydrogen (secondary N) is 1. The number of aromatic hydroxyl groups is 1. The number of nitrogens with zero attached hydrogens (tertiary/aromatic N) is 6. The second-order valence-corrected chi connectivity index (χ2v) is 15.4. The first-order chi connectivity index (χ1) is 22.6. The maximum atomic E-state index is 12.4. The zero-order valence-corrected chi connectivity index (χ0v) is 28.7. The summed E-state index contributed by atoms with van der Waals surface area (Å²) in [7, 11) is 0. The average molecular weight is 644 g/mol. The van der Waals surface area contributed by atoms with Gasteiger partial charge in [0.1, 0.15) is 11.4 Å². The molecule has 10 heteroatoms. The van der Waals surface area contributed by atoms with Crippen LogP contribution in [0.4, 0.5) is 4.79 Å². The fourth-order valence-electron chi connectivity index (χ4n) is 8.70. The van der Waals surface area contributed by atoms with E-state index in [9.17, 15) is 9.90 Å². The molecule has 3 aromatic rings. The molecule has 0 spiro atoms. The number of rotatable bonds is 5. The molecule has 0 radical (unpaired) electrons. The summed E-state index contributed by atoms with van der Waals surface area (Å²) in [6.45, 7) is 16.8. The number of phenols is 1. The van der Waals surface area contributed by atoms with Gasteiger partial charge in [0.2, 0.25) is 0 Å². The number of phenolic OH excluding ortho intramolecular Hbond substituents is 1. The van der Waals surface area contributed by atoms with Gasteiger partial charge in [-0.15, -0.1) is 10.2 Å². The summed E-state index contributed by atoms with van der Waals surface area (Å²) in [6, 6.07) is 11.1. The quantitative estimate of drug-likeness (QED) is 0.359. The van der Waals surface area contributed by atoms with Crippen molar-refractivity contribution in [1.82, 2.24) is 34.8 Å². The molecule has 2 aromatic heterocycles. The third kappa shape index (κ3) is 7.01. The molecular formula is C37H53N7O3. The number of hydrogen-bond acceptors (Lipinski definition) is 8. The van der Waals surface area contributed by atoms with Crippen LogP contribution in [0.3, 0.4) is 0 Å². The number of aromatic nitrogens is 3. The molecule has 10 nitrogen and oxygen atoms in total. The highest BCUT2D eigenvalue weighted by Gasteiger charge is 2.36. The van der Waals surface area contributed by atoms with Crippen LogP contribution in [0.1, 0.15) is 83.5 Å². The largest absolute Gasteiger partial charge is 0.507 e. The van der Waals surface area contributed by atoms with Crippen molar-refractivity contribution >= 4 is 17.1 Å². The van der Waals surface area contributed by atoms with Crippen LogP contribution in [0.25, 0.3) is 22.3 Å². The Labute approximate surface area is 279 Å². The van der Waals surface area contributed by atoms with Crippen molar-refractivity contribution in [3.63, 3.8) is 0 Å². The van der Waals surface area contributed by atoms with E-state index in [2.05, 4.69) is 42.9 Å². The molecule has 4 aliphatic heterocycles. The molecule has 3 fully saturated rings. The van der Waals surface area contributed by atoms with E-state index in [1.807, 2.05) is 43.9 Å². The van der Waals surface area contributed by atoms with Crippen molar-refractivity contribution in [3.8, 4) is 17.0 Å². The Morgan fingerprint density at radius 2 is 1.64 bits per heavy atom. The Morgan fingerprint density at radius 1 is 0.936 bits per heavy atom. The highest BCUT2D eigenvalue weighted by Crippen LogP contribution is 2.39. The normalized spacial score (nSPS) is 23.3. The van der Waals surface area contributed by atoms with Gasteiger partial charge < -0.3 is 29.5 Å². The molecule has 4 aliphatic rings. The van der Waals surface area contributed by atoms with E-state index < -0.39 is 5.60 Å². The molecule has 2 N–H and O–H groups in total. The number of ether oxygens (including phenoxy) is 1. The van der Waals surface area contributed by atoms with Crippen molar-refractivity contribution in [2.24, 2.45) is 5.92 Å². The van der Waals surface area contributed by atoms with Gasteiger partial charge in [0.05, 0.1) is 5.69 Å². The minimum absolute atomic E-state index is 0.160. The van der Waals surface area contributed by atoms with Crippen molar-refractivity contribution < 1.29 is 14.6 Å². The molecule has 1 amide bonds. The second kappa shape index (κ2) is 13.4. The van der Waals surface area contributed by atoms with E-state index in [1.54, 1.807) is 6.07 Å². The Hall–Kier alpha value is -3.21. The van der Waals surface area contributed by atoms with Crippen molar-refractivity contribution in [3.05, 3.63) is 41.6 Å². The van der Waals surface area contributed by atoms with E-state index in [4.69, 9.17) is 4.74 Å². The van der Waals surface area contributed by atoms with Crippen LogP contribution in [0.2, 0.25) is 0 Å². The van der Waals surface area contributed by atoms with Gasteiger partial charge in [0.15, 0.2) is 5.65 Å². The molecule has 3 saturated heterocycles. The van der Waals surface area contributed by atoms with Crippen LogP contribution in [0, 0.1) is 5.92 Å². The number of fused-ring (bicyclic) bond motifs is 3. The Kier molecular flexibility index (Phi) is 9.19. The molecule has 6 heterocycles. The summed E-state index contributed by atoms with van der Waals surface area (Å²) in [6.07, 6.45) is 7.97. The van der Waals surface area contributed by atoms with Gasteiger partial charge in [-0.2, -0.15) is 0 Å². The molecule has 1 atom stereocenters. The van der Waals surface area contributed by atoms with E-state index >= 15 is 0 Å². The summed E-state index contributed by atoms with van der Waals surface area (Å²) in [4.78, 5) is 26.1. The lowest BCUT2D eigenvalue weighted by molar-refractivity contribution is 0.0145. The lowest BCUT2D eigenvalue weighted by Gasteiger charge is -2.46. The number of H-pyrrole nitrogens is 1. The first kappa shape index (κ1) is 32.3. The Bertz CT molecular complexity index is 1540. The van der Waals surface area contributed by atoms with Crippen LogP contribution < -0.4 is 0 Å². The molecule has 0 aliphatic carbocycles. The topological polar surface area (TPSA) is 101 Å². The maximum absolute atomic E-state index is 12.4. The smallest absolute Gasteiger partial charge is 0.410 e. The Balaban J connectivity index is 0.892. The number of amides is 1. The summed E-state index contributed by atoms with van der Waals surface area (Å²) in [5, 5.41) is 20.5. The first-order valence-electron chi connectivity index (χ1n) is 18.0. The minimum atomic E-state index is -0.432. The van der Waals surface area contributed by atoms with Crippen molar-refractivity contribution in [1.29, 1.82) is 0 Å². The standard InChI is InChI=1S/C37H53N7O3/c1-25-34-30-23-32(29-7-5-6-8-33(29)45)39-40-35(30)38-31(34)15-22-44(25)28-13-20-42(21-14-28)27-11-16-41(17-12-27)24-26-9-18-43(19-10-26)36(46)47-37(2,3)4/h5-8,23,25-28,45H,9-22,24H2,1-4H3,(H,38,40)/t25-/m1/s1. The summed E-state index contributed by atoms with van der Waals surface area (Å²) >= 11 is 0. The lowest BCUT2D eigenvalue weighted by Crippen LogP contribution is -2.52. The predicted octanol–water partition coefficient (Wildman–Crippen LogP) is 5.83. The molecule has 47 heavy (non-hydrogen) atoms. The zero-order chi connectivity index (χ0) is 32.7. The molecule has 0 saturated carbocycles. The molecule has 1 aromatic carbocycles. The first-order valence-corrected chi connectivity index (χ1v) is 18.0. The molecular weight excluding hydrogens is 590 g/mol. The number of aromatic amines is 1. The highest BCUT2D eigenvalue weighted by molar-refractivity contribution is 5.86. The maximum Gasteiger partial charge on any atom is 0.410 e. The molecule has 0 unspecified atom stereocenters. The van der Waals surface area contributed by atoms with Gasteiger partial charge in [-0.25, -0.2) is 4.79 Å². The van der Waals surface area contributed by atoms with Crippen LogP contribution in [-0.2, 0) is 11.2 Å². The minimum Gasteiger partial charge on any atom is -0.507 e. The highest BCUT2D eigenvalue weighted by atomic mass is 16.6. The van der Waals surface area contributed by atoms with Crippen LogP contribution in [0.5, 0.6) is 5.75 Å². The van der Waals surface area contributed by atoms with Gasteiger partial charge in [0.25, 0.3) is 0 Å². The van der Waals surface area contributed by atoms with Crippen molar-refractivity contribution in [2.45, 2.75) is 96.4 Å². The summed E-state index contributed by atoms with van der Waals surface area (Å²) in [5.74, 6) is 0.907. The number of likely N-dealkylation sites (tertiary alicyclic amines) is 3. The van der Waals surface area contributed by atoms with Gasteiger partial charge in [-0.1, -0.05) is 12.1 Å². The third-order valence-electron chi connectivity index (χ3n) is 11.2. The fourth-order valence-corrected chi connectivity index (χ4v) is 8.70. The van der Waals surface area contributed by atoms with Gasteiger partial charge in [-0.3, -0.25) is 4.90 Å². The number of para-hydroxylation sites is 1. The SMILES string of the molecule is C[C@@H]1c2c([nH]c3nnc(-c4ccccc4O)cc23)CCN1C1CCN(C2CCN(CC3CCN(C(=O)OC(C)(C)C)CC3)CC2)CC1. The lowest BCUT2D eigenvalue weighted by atomic mass is 9.91. The van der Waals surface area contributed by atoms with E-state index in [-0.39, 0.29) is 11.8 Å². The molecule has 7 rings (SSSR count). The van der Waals surface area contributed by atoms with E-state index in [0.29, 0.717) is 29.7 Å². The third-order valence-corrected chi connectivity index (χ3v) is 11.2. The monoisotopic (exact) mass is 643 g/mol. The number of hydrogen-bond donors (Lipinski definition) is 2. The van der Waals surface area contributed by atoms with Gasteiger partial charge in [0, 0.05) is 67.4 Å². The van der Waals surface area contributed by atoms with E-state index in [0.717, 1.165) is 55.5 Å². The van der Waals surface area contributed by atoms with Crippen LogP contribution >= 0.6 is 0 Å². The number of benzene rings is 1. The average Bonchev–Trinajstić information content (AvgIpc) is 3.44. The fraction of sp³-hybridized carbons (Fsp3) is 0.649. The Morgan fingerprint density at radius 3 is 2.34 bits per heavy atom. The van der Waals surface area contributed by atoms with Crippen LogP contribution in [0.15, 0.2) is 30.3 Å². The zero-order valence-electron chi connectivity index (χ0n) is 28.7.